The molecule has 1 N–H and O–H groups in total. The fourth-order valence-electron chi connectivity index (χ4n) is 6.35. The summed E-state index contributed by atoms with van der Waals surface area (Å²) in [7, 11) is -7.36. The zero-order chi connectivity index (χ0) is 28.2. The average Bonchev–Trinajstić information content (AvgIpc) is 3.17. The molecule has 0 saturated heterocycles. The number of benzene rings is 2. The van der Waals surface area contributed by atoms with Crippen LogP contribution in [0.2, 0.25) is 0 Å². The van der Waals surface area contributed by atoms with Gasteiger partial charge in [0.2, 0.25) is 15.9 Å². The molecule has 0 atom stereocenters. The number of anilines is 2. The van der Waals surface area contributed by atoms with Crippen LogP contribution in [-0.4, -0.2) is 46.7 Å². The van der Waals surface area contributed by atoms with E-state index in [1.165, 1.54) is 18.2 Å². The Labute approximate surface area is 228 Å². The van der Waals surface area contributed by atoms with E-state index in [-0.39, 0.29) is 34.6 Å². The van der Waals surface area contributed by atoms with Gasteiger partial charge >= 0.3 is 0 Å². The fraction of sp³-hybridized carbons (Fsp3) is 0.536. The Kier molecular flexibility index (Phi) is 7.06. The third-order valence-corrected chi connectivity index (χ3v) is 11.5. The Bertz CT molecular complexity index is 1490. The van der Waals surface area contributed by atoms with E-state index in [0.29, 0.717) is 23.8 Å². The first-order chi connectivity index (χ1) is 18.2. The Morgan fingerprint density at radius 2 is 1.62 bits per heavy atom. The lowest BCUT2D eigenvalue weighted by molar-refractivity contribution is -0.0328. The van der Waals surface area contributed by atoms with E-state index >= 15 is 0 Å². The minimum Gasteiger partial charge on any atom is -0.307 e. The normalized spacial score (nSPS) is 23.0. The average molecular weight is 581 g/mol. The van der Waals surface area contributed by atoms with Gasteiger partial charge in [-0.2, -0.15) is 0 Å². The van der Waals surface area contributed by atoms with E-state index < -0.39 is 43.9 Å². The van der Waals surface area contributed by atoms with E-state index in [1.54, 1.807) is 23.1 Å². The molecule has 212 valence electrons. The summed E-state index contributed by atoms with van der Waals surface area (Å²) < 4.78 is 80.1. The van der Waals surface area contributed by atoms with Crippen LogP contribution in [0.3, 0.4) is 0 Å². The van der Waals surface area contributed by atoms with Crippen LogP contribution in [0.1, 0.15) is 74.2 Å². The number of sulfone groups is 1. The van der Waals surface area contributed by atoms with Gasteiger partial charge in [-0.15, -0.1) is 0 Å². The van der Waals surface area contributed by atoms with Crippen molar-refractivity contribution in [3.8, 4) is 0 Å². The van der Waals surface area contributed by atoms with Gasteiger partial charge in [-0.1, -0.05) is 13.0 Å². The molecular weight excluding hydrogens is 546 g/mol. The Hall–Kier alpha value is -2.53. The number of sulfonamides is 1. The van der Waals surface area contributed by atoms with E-state index in [9.17, 15) is 30.4 Å². The summed E-state index contributed by atoms with van der Waals surface area (Å²) in [4.78, 5) is 15.5. The summed E-state index contributed by atoms with van der Waals surface area (Å²) in [5.74, 6) is -2.62. The lowest BCUT2D eigenvalue weighted by atomic mass is 9.68. The van der Waals surface area contributed by atoms with E-state index in [1.807, 2.05) is 6.07 Å². The van der Waals surface area contributed by atoms with Gasteiger partial charge in [0.15, 0.2) is 9.84 Å². The predicted molar refractivity (Wildman–Crippen MR) is 147 cm³/mol. The highest BCUT2D eigenvalue weighted by Crippen LogP contribution is 2.51. The third-order valence-electron chi connectivity index (χ3n) is 8.61. The summed E-state index contributed by atoms with van der Waals surface area (Å²) in [6.07, 6.45) is 3.62. The van der Waals surface area contributed by atoms with Crippen molar-refractivity contribution in [3.05, 3.63) is 53.6 Å². The highest BCUT2D eigenvalue weighted by Gasteiger charge is 2.47. The molecule has 2 aromatic carbocycles. The lowest BCUT2D eigenvalue weighted by Gasteiger charge is -2.37. The second-order valence-electron chi connectivity index (χ2n) is 11.6. The molecule has 3 aliphatic rings. The standard InChI is InChI=1S/C28H34F2N2O5S2/c1-19-8-12-27(13-9-19)18-32(25-7-6-21(17-24(25)27)31-38(2,34)35)26(33)20-4-3-5-23(16-20)39(36,37)22-10-14-28(29,30)15-11-22/h3-7,16-17,19,22,31H,8-15,18H2,1-2H3. The van der Waals surface area contributed by atoms with Gasteiger partial charge in [-0.05, 0) is 86.4 Å². The molecule has 2 saturated carbocycles. The Morgan fingerprint density at radius 3 is 2.26 bits per heavy atom. The summed E-state index contributed by atoms with van der Waals surface area (Å²) in [5, 5.41) is -0.900. The number of amides is 1. The van der Waals surface area contributed by atoms with E-state index in [2.05, 4.69) is 11.6 Å². The first kappa shape index (κ1) is 28.0. The number of halogens is 2. The highest BCUT2D eigenvalue weighted by molar-refractivity contribution is 7.92. The van der Waals surface area contributed by atoms with Crippen LogP contribution < -0.4 is 9.62 Å². The van der Waals surface area contributed by atoms with Crippen LogP contribution in [0.15, 0.2) is 47.4 Å². The molecule has 7 nitrogen and oxygen atoms in total. The SMILES string of the molecule is CC1CCC2(CC1)CN(C(=O)c1cccc(S(=O)(=O)C3CCC(F)(F)CC3)c1)c1ccc(NS(C)(=O)=O)cc12. The molecule has 0 radical (unpaired) electrons. The van der Waals surface area contributed by atoms with Crippen molar-refractivity contribution in [2.24, 2.45) is 5.92 Å². The smallest absolute Gasteiger partial charge is 0.258 e. The number of hydrogen-bond acceptors (Lipinski definition) is 5. The Morgan fingerprint density at radius 1 is 0.949 bits per heavy atom. The van der Waals surface area contributed by atoms with Crippen LogP contribution in [-0.2, 0) is 25.3 Å². The monoisotopic (exact) mass is 580 g/mol. The number of rotatable bonds is 5. The molecule has 0 unspecified atom stereocenters. The summed E-state index contributed by atoms with van der Waals surface area (Å²) in [6, 6.07) is 11.1. The number of alkyl halides is 2. The minimum atomic E-state index is -3.88. The van der Waals surface area contributed by atoms with Gasteiger partial charge in [0.1, 0.15) is 0 Å². The maximum atomic E-state index is 13.9. The fourth-order valence-corrected chi connectivity index (χ4v) is 8.70. The van der Waals surface area contributed by atoms with Crippen molar-refractivity contribution < 1.29 is 30.4 Å². The molecule has 5 rings (SSSR count). The molecule has 1 spiro atoms. The maximum absolute atomic E-state index is 13.9. The van der Waals surface area contributed by atoms with Crippen LogP contribution in [0.5, 0.6) is 0 Å². The number of nitrogens with zero attached hydrogens (tertiary/aromatic N) is 1. The van der Waals surface area contributed by atoms with Crippen molar-refractivity contribution in [3.63, 3.8) is 0 Å². The molecule has 39 heavy (non-hydrogen) atoms. The summed E-state index contributed by atoms with van der Waals surface area (Å²) in [6.45, 7) is 2.62. The molecule has 1 amide bonds. The van der Waals surface area contributed by atoms with Crippen molar-refractivity contribution >= 4 is 37.1 Å². The van der Waals surface area contributed by atoms with Gasteiger partial charge in [0.05, 0.1) is 16.4 Å². The molecule has 2 aromatic rings. The summed E-state index contributed by atoms with van der Waals surface area (Å²) in [5.41, 5.74) is 1.95. The molecule has 11 heteroatoms. The van der Waals surface area contributed by atoms with Gasteiger partial charge in [-0.3, -0.25) is 9.52 Å². The number of hydrogen-bond donors (Lipinski definition) is 1. The molecule has 2 fully saturated rings. The molecule has 0 bridgehead atoms. The third kappa shape index (κ3) is 5.57. The second kappa shape index (κ2) is 9.83. The second-order valence-corrected chi connectivity index (χ2v) is 15.6. The largest absolute Gasteiger partial charge is 0.307 e. The van der Waals surface area contributed by atoms with Crippen LogP contribution in [0.25, 0.3) is 0 Å². The quantitative estimate of drug-likeness (QED) is 0.502. The lowest BCUT2D eigenvalue weighted by Crippen LogP contribution is -2.39. The van der Waals surface area contributed by atoms with Crippen molar-refractivity contribution in [1.82, 2.24) is 0 Å². The summed E-state index contributed by atoms with van der Waals surface area (Å²) >= 11 is 0. The molecule has 1 aliphatic heterocycles. The van der Waals surface area contributed by atoms with Gasteiger partial charge in [0.25, 0.3) is 5.91 Å². The zero-order valence-electron chi connectivity index (χ0n) is 22.1. The Balaban J connectivity index is 1.47. The van der Waals surface area contributed by atoms with Crippen LogP contribution in [0, 0.1) is 5.92 Å². The zero-order valence-corrected chi connectivity index (χ0v) is 23.8. The topological polar surface area (TPSA) is 101 Å². The number of nitrogens with one attached hydrogen (secondary N) is 1. The van der Waals surface area contributed by atoms with Crippen molar-refractivity contribution in [2.45, 2.75) is 79.8 Å². The molecule has 1 heterocycles. The number of carbonyl (C=O) groups is 1. The highest BCUT2D eigenvalue weighted by atomic mass is 32.2. The van der Waals surface area contributed by atoms with Crippen molar-refractivity contribution in [1.29, 1.82) is 0 Å². The van der Waals surface area contributed by atoms with Gasteiger partial charge in [0, 0.05) is 41.7 Å². The molecule has 2 aliphatic carbocycles. The van der Waals surface area contributed by atoms with Gasteiger partial charge < -0.3 is 4.90 Å². The number of carbonyl (C=O) groups excluding carboxylic acids is 1. The van der Waals surface area contributed by atoms with E-state index in [4.69, 9.17) is 0 Å². The van der Waals surface area contributed by atoms with Gasteiger partial charge in [-0.25, -0.2) is 25.6 Å². The number of fused-ring (bicyclic) bond motifs is 2. The van der Waals surface area contributed by atoms with Crippen molar-refractivity contribution in [2.75, 3.05) is 22.4 Å². The molecule has 0 aromatic heterocycles. The minimum absolute atomic E-state index is 0.0307. The van der Waals surface area contributed by atoms with E-state index in [0.717, 1.165) is 37.5 Å². The van der Waals surface area contributed by atoms with Crippen LogP contribution in [0.4, 0.5) is 20.2 Å². The molecular formula is C28H34F2N2O5S2. The predicted octanol–water partition coefficient (Wildman–Crippen LogP) is 5.52. The first-order valence-corrected chi connectivity index (χ1v) is 16.8. The first-order valence-electron chi connectivity index (χ1n) is 13.4. The maximum Gasteiger partial charge on any atom is 0.258 e. The van der Waals surface area contributed by atoms with Crippen LogP contribution >= 0.6 is 0 Å².